The van der Waals surface area contributed by atoms with E-state index in [9.17, 15) is 13.2 Å². The Morgan fingerprint density at radius 3 is 2.65 bits per heavy atom. The zero-order valence-electron chi connectivity index (χ0n) is 16.9. The Hall–Kier alpha value is -3.73. The standard InChI is InChI=1S/C20H20N6O4S/c1-3-25(31(2,29)30)16-5-4-15-10-22-26(17(15)9-16)19-12-21-11-18(23-19)24-7-6-14(13-24)8-20(27)28/h4-7,9-13H,3,8H2,1-2H3,(H,27,28). The van der Waals surface area contributed by atoms with E-state index in [1.807, 2.05) is 6.07 Å². The summed E-state index contributed by atoms with van der Waals surface area (Å²) in [7, 11) is -3.42. The average molecular weight is 440 g/mol. The number of carboxylic acids is 1. The highest BCUT2D eigenvalue weighted by molar-refractivity contribution is 7.92. The third-order valence-corrected chi connectivity index (χ3v) is 6.00. The molecule has 160 valence electrons. The lowest BCUT2D eigenvalue weighted by molar-refractivity contribution is -0.136. The van der Waals surface area contributed by atoms with Crippen molar-refractivity contribution < 1.29 is 18.3 Å². The Morgan fingerprint density at radius 2 is 1.94 bits per heavy atom. The van der Waals surface area contributed by atoms with Gasteiger partial charge in [-0.2, -0.15) is 5.10 Å². The molecule has 0 fully saturated rings. The molecule has 0 saturated heterocycles. The predicted octanol–water partition coefficient (Wildman–Crippen LogP) is 2.02. The molecular weight excluding hydrogens is 420 g/mol. The van der Waals surface area contributed by atoms with E-state index in [1.54, 1.807) is 65.4 Å². The Kier molecular flexibility index (Phi) is 5.19. The van der Waals surface area contributed by atoms with Gasteiger partial charge in [0.05, 0.1) is 42.5 Å². The van der Waals surface area contributed by atoms with Gasteiger partial charge in [0.1, 0.15) is 0 Å². The number of hydrogen-bond donors (Lipinski definition) is 1. The number of sulfonamides is 1. The molecule has 1 aromatic carbocycles. The van der Waals surface area contributed by atoms with E-state index in [2.05, 4.69) is 15.1 Å². The fourth-order valence-corrected chi connectivity index (χ4v) is 4.35. The molecule has 3 heterocycles. The maximum absolute atomic E-state index is 12.1. The van der Waals surface area contributed by atoms with Crippen molar-refractivity contribution >= 4 is 32.6 Å². The second-order valence-corrected chi connectivity index (χ2v) is 8.87. The van der Waals surface area contributed by atoms with E-state index in [0.717, 1.165) is 5.39 Å². The van der Waals surface area contributed by atoms with Crippen LogP contribution in [0, 0.1) is 0 Å². The van der Waals surface area contributed by atoms with Crippen molar-refractivity contribution in [1.29, 1.82) is 0 Å². The first-order chi connectivity index (χ1) is 14.8. The highest BCUT2D eigenvalue weighted by Crippen LogP contribution is 2.25. The van der Waals surface area contributed by atoms with Crippen molar-refractivity contribution in [3.8, 4) is 11.6 Å². The number of carboxylic acid groups (broad SMARTS) is 1. The summed E-state index contributed by atoms with van der Waals surface area (Å²) in [6, 6.07) is 7.01. The van der Waals surface area contributed by atoms with E-state index < -0.39 is 16.0 Å². The molecule has 11 heteroatoms. The molecular formula is C20H20N6O4S. The fraction of sp³-hybridized carbons (Fsp3) is 0.200. The molecule has 4 aromatic rings. The Balaban J connectivity index is 1.75. The molecule has 0 radical (unpaired) electrons. The van der Waals surface area contributed by atoms with Crippen molar-refractivity contribution in [2.75, 3.05) is 17.1 Å². The van der Waals surface area contributed by atoms with Gasteiger partial charge in [0.2, 0.25) is 10.0 Å². The van der Waals surface area contributed by atoms with Gasteiger partial charge < -0.3 is 9.67 Å². The smallest absolute Gasteiger partial charge is 0.307 e. The van der Waals surface area contributed by atoms with Gasteiger partial charge in [0.25, 0.3) is 0 Å². The first-order valence-electron chi connectivity index (χ1n) is 9.43. The molecule has 10 nitrogen and oxygen atoms in total. The van der Waals surface area contributed by atoms with Gasteiger partial charge in [-0.05, 0) is 36.8 Å². The zero-order chi connectivity index (χ0) is 22.2. The van der Waals surface area contributed by atoms with E-state index in [0.29, 0.717) is 34.9 Å². The van der Waals surface area contributed by atoms with Crippen molar-refractivity contribution in [3.63, 3.8) is 0 Å². The number of aromatic nitrogens is 5. The van der Waals surface area contributed by atoms with E-state index in [4.69, 9.17) is 5.11 Å². The van der Waals surface area contributed by atoms with Crippen LogP contribution >= 0.6 is 0 Å². The van der Waals surface area contributed by atoms with Crippen molar-refractivity contribution in [1.82, 2.24) is 24.3 Å². The monoisotopic (exact) mass is 440 g/mol. The molecule has 0 atom stereocenters. The number of fused-ring (bicyclic) bond motifs is 1. The van der Waals surface area contributed by atoms with Gasteiger partial charge in [-0.3, -0.25) is 14.1 Å². The molecule has 3 aromatic heterocycles. The van der Waals surface area contributed by atoms with Crippen molar-refractivity contribution in [3.05, 3.63) is 60.8 Å². The molecule has 0 amide bonds. The largest absolute Gasteiger partial charge is 0.481 e. The Bertz CT molecular complexity index is 1380. The van der Waals surface area contributed by atoms with E-state index in [1.165, 1.54) is 10.6 Å². The Labute approximate surface area is 178 Å². The molecule has 0 spiro atoms. The number of hydrogen-bond acceptors (Lipinski definition) is 6. The molecule has 0 saturated carbocycles. The number of nitrogens with zero attached hydrogens (tertiary/aromatic N) is 6. The number of carbonyl (C=O) groups is 1. The molecule has 0 bridgehead atoms. The highest BCUT2D eigenvalue weighted by atomic mass is 32.2. The van der Waals surface area contributed by atoms with Crippen LogP contribution in [0.2, 0.25) is 0 Å². The summed E-state index contributed by atoms with van der Waals surface area (Å²) in [4.78, 5) is 19.8. The van der Waals surface area contributed by atoms with Gasteiger partial charge in [0.15, 0.2) is 11.6 Å². The van der Waals surface area contributed by atoms with Gasteiger partial charge in [0, 0.05) is 24.3 Å². The number of aliphatic carboxylic acids is 1. The summed E-state index contributed by atoms with van der Waals surface area (Å²) in [5.74, 6) is 0.0346. The lowest BCUT2D eigenvalue weighted by Crippen LogP contribution is -2.29. The van der Waals surface area contributed by atoms with Crippen LogP contribution in [0.5, 0.6) is 0 Å². The first-order valence-corrected chi connectivity index (χ1v) is 11.3. The highest BCUT2D eigenvalue weighted by Gasteiger charge is 2.17. The summed E-state index contributed by atoms with van der Waals surface area (Å²) in [6.45, 7) is 2.08. The van der Waals surface area contributed by atoms with Crippen LogP contribution in [0.1, 0.15) is 12.5 Å². The van der Waals surface area contributed by atoms with Crippen LogP contribution in [0.15, 0.2) is 55.2 Å². The molecule has 1 N–H and O–H groups in total. The van der Waals surface area contributed by atoms with E-state index >= 15 is 0 Å². The second kappa shape index (κ2) is 7.84. The third kappa shape index (κ3) is 4.12. The fourth-order valence-electron chi connectivity index (χ4n) is 3.39. The van der Waals surface area contributed by atoms with E-state index in [-0.39, 0.29) is 6.42 Å². The number of rotatable bonds is 7. The summed E-state index contributed by atoms with van der Waals surface area (Å²) in [5.41, 5.74) is 1.87. The third-order valence-electron chi connectivity index (χ3n) is 4.73. The lowest BCUT2D eigenvalue weighted by atomic mass is 10.2. The number of benzene rings is 1. The summed E-state index contributed by atoms with van der Waals surface area (Å²) < 4.78 is 28.8. The molecule has 31 heavy (non-hydrogen) atoms. The SMILES string of the molecule is CCN(c1ccc2cnn(-c3cncc(-n4ccc(CC(=O)O)c4)n3)c2c1)S(C)(=O)=O. The maximum atomic E-state index is 12.1. The van der Waals surface area contributed by atoms with Gasteiger partial charge in [-0.1, -0.05) is 0 Å². The minimum absolute atomic E-state index is 0.0824. The van der Waals surface area contributed by atoms with Gasteiger partial charge in [-0.15, -0.1) is 0 Å². The van der Waals surface area contributed by atoms with Crippen LogP contribution < -0.4 is 4.31 Å². The van der Waals surface area contributed by atoms with Crippen molar-refractivity contribution in [2.45, 2.75) is 13.3 Å². The lowest BCUT2D eigenvalue weighted by Gasteiger charge is -2.20. The average Bonchev–Trinajstić information content (AvgIpc) is 3.34. The summed E-state index contributed by atoms with van der Waals surface area (Å²) in [5, 5.41) is 14.2. The number of anilines is 1. The topological polar surface area (TPSA) is 123 Å². The zero-order valence-corrected chi connectivity index (χ0v) is 17.7. The molecule has 0 aliphatic carbocycles. The maximum Gasteiger partial charge on any atom is 0.307 e. The molecule has 0 aliphatic rings. The van der Waals surface area contributed by atoms with Gasteiger partial charge in [-0.25, -0.2) is 18.1 Å². The van der Waals surface area contributed by atoms with Crippen LogP contribution in [-0.4, -0.2) is 56.6 Å². The minimum atomic E-state index is -3.42. The predicted molar refractivity (Wildman–Crippen MR) is 115 cm³/mol. The molecule has 0 aliphatic heterocycles. The summed E-state index contributed by atoms with van der Waals surface area (Å²) in [6.07, 6.45) is 9.28. The normalized spacial score (nSPS) is 11.7. The van der Waals surface area contributed by atoms with Crippen molar-refractivity contribution in [2.24, 2.45) is 0 Å². The molecule has 0 unspecified atom stereocenters. The first kappa shape index (κ1) is 20.5. The Morgan fingerprint density at radius 1 is 1.16 bits per heavy atom. The van der Waals surface area contributed by atoms with Crippen LogP contribution in [0.3, 0.4) is 0 Å². The minimum Gasteiger partial charge on any atom is -0.481 e. The summed E-state index contributed by atoms with van der Waals surface area (Å²) >= 11 is 0. The van der Waals surface area contributed by atoms with Crippen LogP contribution in [-0.2, 0) is 21.2 Å². The van der Waals surface area contributed by atoms with Gasteiger partial charge >= 0.3 is 5.97 Å². The second-order valence-electron chi connectivity index (χ2n) is 6.96. The quantitative estimate of drug-likeness (QED) is 0.466. The van der Waals surface area contributed by atoms with Crippen LogP contribution in [0.25, 0.3) is 22.5 Å². The van der Waals surface area contributed by atoms with Crippen LogP contribution in [0.4, 0.5) is 5.69 Å². The molecule has 4 rings (SSSR count).